The van der Waals surface area contributed by atoms with Gasteiger partial charge in [0.15, 0.2) is 0 Å². The van der Waals surface area contributed by atoms with E-state index in [1.54, 1.807) is 18.3 Å². The van der Waals surface area contributed by atoms with Gasteiger partial charge >= 0.3 is 0 Å². The number of carbonyl (C=O) groups is 1. The van der Waals surface area contributed by atoms with Crippen LogP contribution >= 0.6 is 0 Å². The zero-order chi connectivity index (χ0) is 19.5. The number of primary amides is 1. The molecule has 0 unspecified atom stereocenters. The third-order valence-electron chi connectivity index (χ3n) is 4.84. The first-order valence-electron chi connectivity index (χ1n) is 9.05. The number of anilines is 3. The van der Waals surface area contributed by atoms with E-state index in [9.17, 15) is 4.79 Å². The van der Waals surface area contributed by atoms with Gasteiger partial charge in [-0.15, -0.1) is 0 Å². The van der Waals surface area contributed by atoms with Crippen molar-refractivity contribution in [3.8, 4) is 11.3 Å². The number of benzene rings is 1. The van der Waals surface area contributed by atoms with E-state index in [0.717, 1.165) is 48.9 Å². The van der Waals surface area contributed by atoms with E-state index in [1.807, 2.05) is 36.5 Å². The summed E-state index contributed by atoms with van der Waals surface area (Å²) in [5.74, 6) is 0.784. The summed E-state index contributed by atoms with van der Waals surface area (Å²) in [4.78, 5) is 28.5. The Morgan fingerprint density at radius 1 is 0.893 bits per heavy atom. The largest absolute Gasteiger partial charge is 0.368 e. The highest BCUT2D eigenvalue weighted by molar-refractivity contribution is 5.93. The van der Waals surface area contributed by atoms with E-state index >= 15 is 0 Å². The molecular formula is C20H21N7O. The normalized spacial score (nSPS) is 14.1. The molecule has 1 fully saturated rings. The molecule has 1 saturated heterocycles. The minimum atomic E-state index is -0.407. The Balaban J connectivity index is 1.40. The second kappa shape index (κ2) is 7.51. The second-order valence-corrected chi connectivity index (χ2v) is 6.59. The Labute approximate surface area is 162 Å². The Morgan fingerprint density at radius 2 is 1.61 bits per heavy atom. The van der Waals surface area contributed by atoms with Gasteiger partial charge in [0, 0.05) is 55.4 Å². The number of hydrogen-bond acceptors (Lipinski definition) is 7. The van der Waals surface area contributed by atoms with Crippen molar-refractivity contribution in [2.75, 3.05) is 41.7 Å². The fraction of sp³-hybridized carbons (Fsp3) is 0.200. The number of rotatable bonds is 4. The third-order valence-corrected chi connectivity index (χ3v) is 4.84. The first-order chi connectivity index (χ1) is 13.6. The highest BCUT2D eigenvalue weighted by atomic mass is 16.1. The molecule has 2 aromatic heterocycles. The molecule has 8 nitrogen and oxygen atoms in total. The molecule has 28 heavy (non-hydrogen) atoms. The van der Waals surface area contributed by atoms with Crippen LogP contribution < -0.4 is 21.3 Å². The maximum absolute atomic E-state index is 11.2. The number of carbonyl (C=O) groups excluding carboxylic acids is 1. The molecule has 1 aliphatic rings. The van der Waals surface area contributed by atoms with Crippen molar-refractivity contribution in [3.63, 3.8) is 0 Å². The van der Waals surface area contributed by atoms with Gasteiger partial charge in [0.05, 0.1) is 5.69 Å². The van der Waals surface area contributed by atoms with E-state index in [1.165, 1.54) is 0 Å². The number of nitrogens with two attached hydrogens (primary N) is 2. The van der Waals surface area contributed by atoms with E-state index in [-0.39, 0.29) is 5.95 Å². The summed E-state index contributed by atoms with van der Waals surface area (Å²) in [7, 11) is 0. The quantitative estimate of drug-likeness (QED) is 0.711. The molecule has 1 aromatic carbocycles. The van der Waals surface area contributed by atoms with Crippen molar-refractivity contribution in [1.82, 2.24) is 15.0 Å². The molecule has 0 spiro atoms. The van der Waals surface area contributed by atoms with Crippen molar-refractivity contribution in [3.05, 3.63) is 60.4 Å². The molecule has 0 radical (unpaired) electrons. The van der Waals surface area contributed by atoms with Gasteiger partial charge in [0.1, 0.15) is 5.82 Å². The SMILES string of the molecule is NC(=O)c1ccc(N2CCN(c3ccc(-c4ccnc(N)n4)cn3)CC2)cc1. The maximum atomic E-state index is 11.2. The number of nitrogen functional groups attached to an aromatic ring is 1. The number of pyridine rings is 1. The first-order valence-corrected chi connectivity index (χ1v) is 9.05. The molecule has 4 N–H and O–H groups in total. The van der Waals surface area contributed by atoms with E-state index in [2.05, 4.69) is 24.8 Å². The van der Waals surface area contributed by atoms with Gasteiger partial charge in [-0.1, -0.05) is 0 Å². The van der Waals surface area contributed by atoms with E-state index in [0.29, 0.717) is 5.56 Å². The summed E-state index contributed by atoms with van der Waals surface area (Å²) < 4.78 is 0. The summed E-state index contributed by atoms with van der Waals surface area (Å²) in [6.07, 6.45) is 3.45. The molecule has 8 heteroatoms. The zero-order valence-electron chi connectivity index (χ0n) is 15.3. The van der Waals surface area contributed by atoms with Crippen LogP contribution in [0.3, 0.4) is 0 Å². The standard InChI is InChI=1S/C20H21N7O/c21-19(28)14-1-4-16(5-2-14)26-9-11-27(12-10-26)18-6-3-15(13-24-18)17-7-8-23-20(22)25-17/h1-8,13H,9-12H2,(H2,21,28)(H2,22,23,25). The maximum Gasteiger partial charge on any atom is 0.248 e. The Morgan fingerprint density at radius 3 is 2.21 bits per heavy atom. The topological polar surface area (TPSA) is 114 Å². The van der Waals surface area contributed by atoms with Gasteiger partial charge < -0.3 is 21.3 Å². The molecule has 0 atom stereocenters. The number of piperazine rings is 1. The molecule has 0 bridgehead atoms. The molecular weight excluding hydrogens is 354 g/mol. The minimum Gasteiger partial charge on any atom is -0.368 e. The summed E-state index contributed by atoms with van der Waals surface area (Å²) >= 11 is 0. The van der Waals surface area contributed by atoms with Crippen LogP contribution in [0.25, 0.3) is 11.3 Å². The van der Waals surface area contributed by atoms with E-state index in [4.69, 9.17) is 11.5 Å². The molecule has 3 aromatic rings. The second-order valence-electron chi connectivity index (χ2n) is 6.59. The van der Waals surface area contributed by atoms with Crippen molar-refractivity contribution >= 4 is 23.4 Å². The number of aromatic nitrogens is 3. The van der Waals surface area contributed by atoms with Crippen LogP contribution in [0.1, 0.15) is 10.4 Å². The highest BCUT2D eigenvalue weighted by Gasteiger charge is 2.18. The summed E-state index contributed by atoms with van der Waals surface area (Å²) in [5.41, 5.74) is 14.2. The smallest absolute Gasteiger partial charge is 0.248 e. The summed E-state index contributed by atoms with van der Waals surface area (Å²) in [5, 5.41) is 0. The van der Waals surface area contributed by atoms with Gasteiger partial charge in [-0.2, -0.15) is 0 Å². The predicted octanol–water partition coefficient (Wildman–Crippen LogP) is 1.55. The van der Waals surface area contributed by atoms with Gasteiger partial charge in [-0.25, -0.2) is 15.0 Å². The van der Waals surface area contributed by atoms with Crippen LogP contribution in [0.15, 0.2) is 54.9 Å². The lowest BCUT2D eigenvalue weighted by atomic mass is 10.1. The summed E-state index contributed by atoms with van der Waals surface area (Å²) in [6, 6.07) is 13.2. The van der Waals surface area contributed by atoms with Crippen LogP contribution in [0.2, 0.25) is 0 Å². The molecule has 0 saturated carbocycles. The molecule has 0 aliphatic carbocycles. The van der Waals surface area contributed by atoms with Crippen LogP contribution in [0.5, 0.6) is 0 Å². The van der Waals surface area contributed by atoms with Crippen LogP contribution in [0.4, 0.5) is 17.5 Å². The predicted molar refractivity (Wildman–Crippen MR) is 109 cm³/mol. The first kappa shape index (κ1) is 17.7. The van der Waals surface area contributed by atoms with Crippen molar-refractivity contribution in [2.24, 2.45) is 5.73 Å². The minimum absolute atomic E-state index is 0.251. The molecule has 4 rings (SSSR count). The fourth-order valence-corrected chi connectivity index (χ4v) is 3.29. The zero-order valence-corrected chi connectivity index (χ0v) is 15.3. The fourth-order valence-electron chi connectivity index (χ4n) is 3.29. The molecule has 142 valence electrons. The molecule has 1 aliphatic heterocycles. The van der Waals surface area contributed by atoms with Gasteiger partial charge in [-0.05, 0) is 42.5 Å². The average Bonchev–Trinajstić information content (AvgIpc) is 2.74. The lowest BCUT2D eigenvalue weighted by Gasteiger charge is -2.36. The monoisotopic (exact) mass is 375 g/mol. The summed E-state index contributed by atoms with van der Waals surface area (Å²) in [6.45, 7) is 3.48. The third kappa shape index (κ3) is 3.71. The number of hydrogen-bond donors (Lipinski definition) is 2. The van der Waals surface area contributed by atoms with E-state index < -0.39 is 5.91 Å². The van der Waals surface area contributed by atoms with Crippen LogP contribution in [-0.2, 0) is 0 Å². The Kier molecular flexibility index (Phi) is 4.76. The Bertz CT molecular complexity index is 965. The number of nitrogens with zero attached hydrogens (tertiary/aromatic N) is 5. The lowest BCUT2D eigenvalue weighted by Crippen LogP contribution is -2.46. The lowest BCUT2D eigenvalue weighted by molar-refractivity contribution is 0.100. The molecule has 1 amide bonds. The highest BCUT2D eigenvalue weighted by Crippen LogP contribution is 2.22. The van der Waals surface area contributed by atoms with Crippen molar-refractivity contribution in [2.45, 2.75) is 0 Å². The van der Waals surface area contributed by atoms with Gasteiger partial charge in [-0.3, -0.25) is 4.79 Å². The van der Waals surface area contributed by atoms with Crippen molar-refractivity contribution < 1.29 is 4.79 Å². The average molecular weight is 375 g/mol. The van der Waals surface area contributed by atoms with Crippen LogP contribution in [-0.4, -0.2) is 47.0 Å². The van der Waals surface area contributed by atoms with Gasteiger partial charge in [0.25, 0.3) is 0 Å². The van der Waals surface area contributed by atoms with Crippen LogP contribution in [0, 0.1) is 0 Å². The molecule has 3 heterocycles. The van der Waals surface area contributed by atoms with Gasteiger partial charge in [0.2, 0.25) is 11.9 Å². The van der Waals surface area contributed by atoms with Crippen molar-refractivity contribution in [1.29, 1.82) is 0 Å². The number of amides is 1. The Hall–Kier alpha value is -3.68.